The van der Waals surface area contributed by atoms with E-state index in [1.54, 1.807) is 16.8 Å². The highest BCUT2D eigenvalue weighted by Crippen LogP contribution is 2.22. The van der Waals surface area contributed by atoms with Crippen molar-refractivity contribution >= 4 is 17.9 Å². The number of carbonyl (C=O) groups excluding carboxylic acids is 1. The third-order valence-electron chi connectivity index (χ3n) is 2.48. The Morgan fingerprint density at radius 3 is 2.31 bits per heavy atom. The lowest BCUT2D eigenvalue weighted by molar-refractivity contribution is 0.112. The molecule has 0 amide bonds. The van der Waals surface area contributed by atoms with Gasteiger partial charge in [0.25, 0.3) is 0 Å². The van der Waals surface area contributed by atoms with Crippen molar-refractivity contribution in [2.45, 2.75) is 13.8 Å². The molecule has 1 aromatic carbocycles. The van der Waals surface area contributed by atoms with Gasteiger partial charge in [0.2, 0.25) is 0 Å². The van der Waals surface area contributed by atoms with Crippen LogP contribution in [-0.4, -0.2) is 16.1 Å². The molecule has 1 aromatic heterocycles. The lowest BCUT2D eigenvalue weighted by Gasteiger charge is -2.03. The quantitative estimate of drug-likeness (QED) is 0.749. The van der Waals surface area contributed by atoms with Crippen LogP contribution in [0, 0.1) is 13.8 Å². The smallest absolute Gasteiger partial charge is 0.150 e. The maximum Gasteiger partial charge on any atom is 0.150 e. The molecule has 16 heavy (non-hydrogen) atoms. The van der Waals surface area contributed by atoms with Gasteiger partial charge in [0.15, 0.2) is 0 Å². The van der Waals surface area contributed by atoms with E-state index in [1.165, 1.54) is 0 Å². The van der Waals surface area contributed by atoms with E-state index in [4.69, 9.17) is 11.6 Å². The van der Waals surface area contributed by atoms with Gasteiger partial charge in [0, 0.05) is 5.56 Å². The van der Waals surface area contributed by atoms with E-state index in [2.05, 4.69) is 5.10 Å². The molecule has 0 saturated heterocycles. The van der Waals surface area contributed by atoms with Crippen LogP contribution in [0.1, 0.15) is 21.7 Å². The fraction of sp³-hybridized carbons (Fsp3) is 0.167. The van der Waals surface area contributed by atoms with Gasteiger partial charge in [-0.2, -0.15) is 5.10 Å². The molecule has 4 heteroatoms. The van der Waals surface area contributed by atoms with Crippen molar-refractivity contribution in [3.05, 3.63) is 46.2 Å². The molecule has 0 N–H and O–H groups in total. The van der Waals surface area contributed by atoms with Crippen molar-refractivity contribution in [2.24, 2.45) is 0 Å². The summed E-state index contributed by atoms with van der Waals surface area (Å²) in [6.45, 7) is 3.78. The van der Waals surface area contributed by atoms with Crippen LogP contribution < -0.4 is 0 Å². The van der Waals surface area contributed by atoms with E-state index in [9.17, 15) is 4.79 Å². The maximum absolute atomic E-state index is 10.5. The molecule has 0 aliphatic rings. The standard InChI is InChI=1S/C12H11ClN2O/c1-8-12(13)9(2)15(14-8)11-5-3-10(7-16)4-6-11/h3-7H,1-2H3. The highest BCUT2D eigenvalue weighted by Gasteiger charge is 2.10. The first-order valence-electron chi connectivity index (χ1n) is 4.91. The molecule has 0 fully saturated rings. The number of aromatic nitrogens is 2. The third-order valence-corrected chi connectivity index (χ3v) is 3.02. The number of hydrogen-bond donors (Lipinski definition) is 0. The van der Waals surface area contributed by atoms with E-state index in [-0.39, 0.29) is 0 Å². The average molecular weight is 235 g/mol. The van der Waals surface area contributed by atoms with Gasteiger partial charge < -0.3 is 0 Å². The van der Waals surface area contributed by atoms with Gasteiger partial charge in [-0.05, 0) is 38.1 Å². The van der Waals surface area contributed by atoms with Crippen molar-refractivity contribution in [2.75, 3.05) is 0 Å². The second kappa shape index (κ2) is 4.10. The van der Waals surface area contributed by atoms with Gasteiger partial charge in [-0.3, -0.25) is 4.79 Å². The number of carbonyl (C=O) groups is 1. The van der Waals surface area contributed by atoms with E-state index in [1.807, 2.05) is 26.0 Å². The fourth-order valence-electron chi connectivity index (χ4n) is 1.57. The van der Waals surface area contributed by atoms with Crippen molar-refractivity contribution in [1.82, 2.24) is 9.78 Å². The summed E-state index contributed by atoms with van der Waals surface area (Å²) in [7, 11) is 0. The number of hydrogen-bond acceptors (Lipinski definition) is 2. The molecule has 2 rings (SSSR count). The molecule has 0 aliphatic carbocycles. The minimum absolute atomic E-state index is 0.649. The molecule has 0 aliphatic heterocycles. The Balaban J connectivity index is 2.50. The molecule has 3 nitrogen and oxygen atoms in total. The fourth-order valence-corrected chi connectivity index (χ4v) is 1.69. The molecular weight excluding hydrogens is 224 g/mol. The molecular formula is C12H11ClN2O. The maximum atomic E-state index is 10.5. The van der Waals surface area contributed by atoms with E-state index in [0.717, 1.165) is 23.4 Å². The Hall–Kier alpha value is -1.61. The minimum atomic E-state index is 0.649. The molecule has 0 bridgehead atoms. The Bertz CT molecular complexity index is 529. The number of benzene rings is 1. The zero-order chi connectivity index (χ0) is 11.7. The van der Waals surface area contributed by atoms with Gasteiger partial charge in [0.1, 0.15) is 6.29 Å². The van der Waals surface area contributed by atoms with E-state index >= 15 is 0 Å². The van der Waals surface area contributed by atoms with Crippen LogP contribution >= 0.6 is 11.6 Å². The highest BCUT2D eigenvalue weighted by molar-refractivity contribution is 6.31. The lowest BCUT2D eigenvalue weighted by atomic mass is 10.2. The number of halogens is 1. The summed E-state index contributed by atoms with van der Waals surface area (Å²) < 4.78 is 1.77. The number of aryl methyl sites for hydroxylation is 1. The minimum Gasteiger partial charge on any atom is -0.298 e. The Morgan fingerprint density at radius 1 is 1.25 bits per heavy atom. The highest BCUT2D eigenvalue weighted by atomic mass is 35.5. The zero-order valence-electron chi connectivity index (χ0n) is 9.07. The number of nitrogens with zero attached hydrogens (tertiary/aromatic N) is 2. The Labute approximate surface area is 98.7 Å². The summed E-state index contributed by atoms with van der Waals surface area (Å²) in [5.74, 6) is 0. The first kappa shape index (κ1) is 10.9. The molecule has 1 heterocycles. The summed E-state index contributed by atoms with van der Waals surface area (Å²) in [6, 6.07) is 7.21. The van der Waals surface area contributed by atoms with Crippen LogP contribution in [0.4, 0.5) is 0 Å². The molecule has 0 unspecified atom stereocenters. The molecule has 2 aromatic rings. The van der Waals surface area contributed by atoms with Gasteiger partial charge in [-0.25, -0.2) is 4.68 Å². The largest absolute Gasteiger partial charge is 0.298 e. The van der Waals surface area contributed by atoms with Crippen LogP contribution in [0.5, 0.6) is 0 Å². The zero-order valence-corrected chi connectivity index (χ0v) is 9.82. The monoisotopic (exact) mass is 234 g/mol. The van der Waals surface area contributed by atoms with Gasteiger partial charge in [0.05, 0.1) is 22.1 Å². The molecule has 0 radical (unpaired) electrons. The van der Waals surface area contributed by atoms with Crippen molar-refractivity contribution in [3.8, 4) is 5.69 Å². The molecule has 0 atom stereocenters. The first-order chi connectivity index (χ1) is 7.63. The molecule has 0 spiro atoms. The average Bonchev–Trinajstić information content (AvgIpc) is 2.57. The third kappa shape index (κ3) is 1.74. The van der Waals surface area contributed by atoms with E-state index < -0.39 is 0 Å². The number of rotatable bonds is 2. The SMILES string of the molecule is Cc1nn(-c2ccc(C=O)cc2)c(C)c1Cl. The van der Waals surface area contributed by atoms with Crippen LogP contribution in [0.2, 0.25) is 5.02 Å². The second-order valence-corrected chi connectivity index (χ2v) is 3.98. The van der Waals surface area contributed by atoms with Gasteiger partial charge in [-0.15, -0.1) is 0 Å². The molecule has 82 valence electrons. The summed E-state index contributed by atoms with van der Waals surface area (Å²) in [5, 5.41) is 5.01. The number of aldehydes is 1. The topological polar surface area (TPSA) is 34.9 Å². The van der Waals surface area contributed by atoms with Crippen molar-refractivity contribution in [1.29, 1.82) is 0 Å². The summed E-state index contributed by atoms with van der Waals surface area (Å²) in [6.07, 6.45) is 0.817. The van der Waals surface area contributed by atoms with E-state index in [0.29, 0.717) is 10.6 Å². The van der Waals surface area contributed by atoms with Crippen LogP contribution in [-0.2, 0) is 0 Å². The van der Waals surface area contributed by atoms with Crippen LogP contribution in [0.15, 0.2) is 24.3 Å². The predicted octanol–water partition coefficient (Wildman–Crippen LogP) is 2.96. The van der Waals surface area contributed by atoms with Crippen molar-refractivity contribution < 1.29 is 4.79 Å². The first-order valence-corrected chi connectivity index (χ1v) is 5.28. The van der Waals surface area contributed by atoms with Crippen LogP contribution in [0.25, 0.3) is 5.69 Å². The normalized spacial score (nSPS) is 10.4. The predicted molar refractivity (Wildman–Crippen MR) is 63.4 cm³/mol. The lowest BCUT2D eigenvalue weighted by Crippen LogP contribution is -1.99. The van der Waals surface area contributed by atoms with Crippen molar-refractivity contribution in [3.63, 3.8) is 0 Å². The summed E-state index contributed by atoms with van der Waals surface area (Å²) >= 11 is 6.07. The molecule has 0 saturated carbocycles. The summed E-state index contributed by atoms with van der Waals surface area (Å²) in [5.41, 5.74) is 3.26. The van der Waals surface area contributed by atoms with Crippen LogP contribution in [0.3, 0.4) is 0 Å². The summed E-state index contributed by atoms with van der Waals surface area (Å²) in [4.78, 5) is 10.5. The Morgan fingerprint density at radius 2 is 1.88 bits per heavy atom. The van der Waals surface area contributed by atoms with Gasteiger partial charge in [-0.1, -0.05) is 11.6 Å². The second-order valence-electron chi connectivity index (χ2n) is 3.61. The Kier molecular flexibility index (Phi) is 2.79. The van der Waals surface area contributed by atoms with Gasteiger partial charge >= 0.3 is 0 Å².